The van der Waals surface area contributed by atoms with Gasteiger partial charge in [-0.2, -0.15) is 0 Å². The average molecular weight is 386 g/mol. The minimum absolute atomic E-state index is 0.0773. The van der Waals surface area contributed by atoms with Gasteiger partial charge in [-0.05, 0) is 25.0 Å². The first-order valence-corrected chi connectivity index (χ1v) is 8.72. The van der Waals surface area contributed by atoms with Crippen molar-refractivity contribution in [2.75, 3.05) is 27.9 Å². The number of carbonyl (C=O) groups excluding carboxylic acids is 3. The molecule has 1 N–H and O–H groups in total. The number of methoxy groups -OCH3 is 3. The van der Waals surface area contributed by atoms with Crippen LogP contribution in [0.2, 0.25) is 0 Å². The number of aromatic amines is 1. The second kappa shape index (κ2) is 7.38. The maximum Gasteiger partial charge on any atom is 0.354 e. The number of nitrogens with zero attached hydrogens (tertiary/aromatic N) is 1. The third-order valence-electron chi connectivity index (χ3n) is 5.15. The van der Waals surface area contributed by atoms with E-state index in [4.69, 9.17) is 9.47 Å². The summed E-state index contributed by atoms with van der Waals surface area (Å²) in [7, 11) is 3.70. The molecule has 0 fully saturated rings. The van der Waals surface area contributed by atoms with Gasteiger partial charge in [-0.25, -0.2) is 14.4 Å². The molecule has 2 heterocycles. The number of H-pyrrole nitrogens is 1. The monoisotopic (exact) mass is 386 g/mol. The number of ether oxygens (including phenoxy) is 3. The van der Waals surface area contributed by atoms with Crippen molar-refractivity contribution in [2.24, 2.45) is 0 Å². The van der Waals surface area contributed by atoms with Gasteiger partial charge in [0.05, 0.1) is 33.1 Å². The number of rotatable bonds is 4. The van der Waals surface area contributed by atoms with Gasteiger partial charge in [0.25, 0.3) is 0 Å². The first kappa shape index (κ1) is 19.5. The molecule has 2 aromatic rings. The summed E-state index contributed by atoms with van der Waals surface area (Å²) in [5.74, 6) is -2.05. The van der Waals surface area contributed by atoms with E-state index in [1.54, 1.807) is 6.92 Å². The van der Waals surface area contributed by atoms with Gasteiger partial charge in [0, 0.05) is 17.4 Å². The lowest BCUT2D eigenvalue weighted by molar-refractivity contribution is -0.156. The van der Waals surface area contributed by atoms with Crippen molar-refractivity contribution in [3.8, 4) is 0 Å². The van der Waals surface area contributed by atoms with E-state index in [1.807, 2.05) is 24.3 Å². The number of hydrogen-bond donors (Lipinski definition) is 1. The molecule has 1 unspecified atom stereocenters. The minimum Gasteiger partial charge on any atom is -0.467 e. The van der Waals surface area contributed by atoms with Crippen molar-refractivity contribution in [3.05, 3.63) is 47.3 Å². The minimum atomic E-state index is -1.37. The predicted octanol–water partition coefficient (Wildman–Crippen LogP) is 1.64. The quantitative estimate of drug-likeness (QED) is 0.485. The molecule has 8 heteroatoms. The third-order valence-corrected chi connectivity index (χ3v) is 5.15. The highest BCUT2D eigenvalue weighted by Crippen LogP contribution is 2.41. The van der Waals surface area contributed by atoms with E-state index in [1.165, 1.54) is 26.2 Å². The summed E-state index contributed by atoms with van der Waals surface area (Å²) in [6.07, 6.45) is 1.59. The molecule has 1 aliphatic heterocycles. The molecule has 0 amide bonds. The second-order valence-electron chi connectivity index (χ2n) is 6.53. The van der Waals surface area contributed by atoms with Crippen molar-refractivity contribution < 1.29 is 28.6 Å². The molecule has 1 aliphatic rings. The topological polar surface area (TPSA) is 97.9 Å². The summed E-state index contributed by atoms with van der Waals surface area (Å²) in [5, 5.41) is 1.00. The van der Waals surface area contributed by atoms with Crippen molar-refractivity contribution in [3.63, 3.8) is 0 Å². The fourth-order valence-electron chi connectivity index (χ4n) is 3.75. The predicted molar refractivity (Wildman–Crippen MR) is 100 cm³/mol. The van der Waals surface area contributed by atoms with Crippen LogP contribution in [-0.2, 0) is 40.6 Å². The zero-order valence-electron chi connectivity index (χ0n) is 16.2. The van der Waals surface area contributed by atoms with Crippen molar-refractivity contribution in [1.29, 1.82) is 0 Å². The summed E-state index contributed by atoms with van der Waals surface area (Å²) in [6, 6.07) is 7.72. The van der Waals surface area contributed by atoms with E-state index in [9.17, 15) is 14.4 Å². The fourth-order valence-corrected chi connectivity index (χ4v) is 3.75. The lowest BCUT2D eigenvalue weighted by Crippen LogP contribution is -2.55. The van der Waals surface area contributed by atoms with E-state index in [2.05, 4.69) is 9.72 Å². The van der Waals surface area contributed by atoms with Crippen LogP contribution in [0.1, 0.15) is 18.2 Å². The molecule has 0 radical (unpaired) electrons. The first-order valence-electron chi connectivity index (χ1n) is 8.72. The lowest BCUT2D eigenvalue weighted by Gasteiger charge is -2.43. The molecule has 8 nitrogen and oxygen atoms in total. The Hall–Kier alpha value is -3.29. The van der Waals surface area contributed by atoms with Crippen LogP contribution in [-0.4, -0.2) is 55.7 Å². The number of para-hydroxylation sites is 1. The Bertz CT molecular complexity index is 976. The van der Waals surface area contributed by atoms with Gasteiger partial charge < -0.3 is 24.1 Å². The Labute approximate surface area is 162 Å². The van der Waals surface area contributed by atoms with Crippen LogP contribution in [0.3, 0.4) is 0 Å². The Balaban J connectivity index is 2.24. The Morgan fingerprint density at radius 2 is 1.82 bits per heavy atom. The summed E-state index contributed by atoms with van der Waals surface area (Å²) in [4.78, 5) is 42.1. The molecule has 0 spiro atoms. The highest BCUT2D eigenvalue weighted by molar-refractivity contribution is 5.98. The number of nitrogens with one attached hydrogen (secondary N) is 1. The second-order valence-corrected chi connectivity index (χ2v) is 6.53. The van der Waals surface area contributed by atoms with E-state index >= 15 is 0 Å². The molecular weight excluding hydrogens is 364 g/mol. The molecule has 0 aliphatic carbocycles. The Morgan fingerprint density at radius 1 is 1.11 bits per heavy atom. The largest absolute Gasteiger partial charge is 0.467 e. The maximum absolute atomic E-state index is 12.9. The van der Waals surface area contributed by atoms with Crippen molar-refractivity contribution in [2.45, 2.75) is 18.9 Å². The molecule has 1 aromatic carbocycles. The summed E-state index contributed by atoms with van der Waals surface area (Å²) in [6.45, 7) is 1.96. The van der Waals surface area contributed by atoms with Gasteiger partial charge in [0.1, 0.15) is 5.70 Å². The van der Waals surface area contributed by atoms with Crippen LogP contribution in [0.4, 0.5) is 0 Å². The molecule has 1 aromatic heterocycles. The molecule has 0 saturated carbocycles. The van der Waals surface area contributed by atoms with Crippen molar-refractivity contribution >= 4 is 28.8 Å². The zero-order chi connectivity index (χ0) is 20.5. The number of esters is 3. The molecule has 0 saturated heterocycles. The molecule has 1 atom stereocenters. The van der Waals surface area contributed by atoms with Crippen LogP contribution in [0.15, 0.2) is 36.0 Å². The highest BCUT2D eigenvalue weighted by Gasteiger charge is 2.50. The van der Waals surface area contributed by atoms with Crippen LogP contribution in [0.5, 0.6) is 0 Å². The van der Waals surface area contributed by atoms with E-state index in [0.29, 0.717) is 18.7 Å². The summed E-state index contributed by atoms with van der Waals surface area (Å²) >= 11 is 0. The van der Waals surface area contributed by atoms with Crippen molar-refractivity contribution in [1.82, 2.24) is 9.88 Å². The molecular formula is C20H22N2O6. The van der Waals surface area contributed by atoms with E-state index in [0.717, 1.165) is 22.5 Å². The van der Waals surface area contributed by atoms with E-state index < -0.39 is 23.4 Å². The maximum atomic E-state index is 12.9. The van der Waals surface area contributed by atoms with Gasteiger partial charge in [0.15, 0.2) is 5.54 Å². The number of hydrogen-bond acceptors (Lipinski definition) is 7. The zero-order valence-corrected chi connectivity index (χ0v) is 16.2. The normalized spacial score (nSPS) is 19.1. The summed E-state index contributed by atoms with van der Waals surface area (Å²) in [5.41, 5.74) is 1.02. The van der Waals surface area contributed by atoms with E-state index in [-0.39, 0.29) is 5.70 Å². The van der Waals surface area contributed by atoms with Gasteiger partial charge in [0.2, 0.25) is 0 Å². The number of aromatic nitrogens is 1. The number of fused-ring (bicyclic) bond motifs is 3. The molecule has 148 valence electrons. The lowest BCUT2D eigenvalue weighted by atomic mass is 9.85. The summed E-state index contributed by atoms with van der Waals surface area (Å²) < 4.78 is 14.6. The fraction of sp³-hybridized carbons (Fsp3) is 0.350. The standard InChI is InChI=1S/C20H22N2O6/c1-20(19(25)28-4)17-13(12-7-5-6-8-14(12)21-17)9-10-22(20)15(18(24)27-3)11-16(23)26-2/h5-8,11,21H,9-10H2,1-4H3/b15-11+. The van der Waals surface area contributed by atoms with Crippen LogP contribution in [0, 0.1) is 0 Å². The number of benzene rings is 1. The number of carbonyl (C=O) groups is 3. The molecule has 28 heavy (non-hydrogen) atoms. The van der Waals surface area contributed by atoms with Crippen LogP contribution < -0.4 is 0 Å². The van der Waals surface area contributed by atoms with Crippen LogP contribution in [0.25, 0.3) is 10.9 Å². The molecule has 0 bridgehead atoms. The van der Waals surface area contributed by atoms with Gasteiger partial charge in [-0.15, -0.1) is 0 Å². The van der Waals surface area contributed by atoms with Gasteiger partial charge in [-0.3, -0.25) is 0 Å². The smallest absolute Gasteiger partial charge is 0.354 e. The Kier molecular flexibility index (Phi) is 5.13. The molecule has 3 rings (SSSR count). The third kappa shape index (κ3) is 2.90. The average Bonchev–Trinajstić information content (AvgIpc) is 3.11. The highest BCUT2D eigenvalue weighted by atomic mass is 16.5. The SMILES string of the molecule is COC(=O)/C=C(\C(=O)OC)N1CCc2c([nH]c3ccccc23)C1(C)C(=O)OC. The Morgan fingerprint density at radius 3 is 2.46 bits per heavy atom. The van der Waals surface area contributed by atoms with Gasteiger partial charge >= 0.3 is 17.9 Å². The first-order chi connectivity index (χ1) is 13.4. The van der Waals surface area contributed by atoms with Crippen LogP contribution >= 0.6 is 0 Å². The van der Waals surface area contributed by atoms with Gasteiger partial charge in [-0.1, -0.05) is 18.2 Å².